The van der Waals surface area contributed by atoms with Crippen LogP contribution in [-0.4, -0.2) is 29.8 Å². The van der Waals surface area contributed by atoms with Gasteiger partial charge in [-0.3, -0.25) is 0 Å². The van der Waals surface area contributed by atoms with E-state index in [2.05, 4.69) is 10.3 Å². The van der Waals surface area contributed by atoms with Gasteiger partial charge >= 0.3 is 0 Å². The first-order valence-corrected chi connectivity index (χ1v) is 6.77. The van der Waals surface area contributed by atoms with Gasteiger partial charge in [0.05, 0.1) is 12.3 Å². The summed E-state index contributed by atoms with van der Waals surface area (Å²) in [5.41, 5.74) is 1.49. The molecule has 0 bridgehead atoms. The molecule has 1 aromatic carbocycles. The highest BCUT2D eigenvalue weighted by molar-refractivity contribution is 5.43. The number of methoxy groups -OCH3 is 1. The Morgan fingerprint density at radius 1 is 1.40 bits per heavy atom. The summed E-state index contributed by atoms with van der Waals surface area (Å²) in [6.45, 7) is 3.80. The van der Waals surface area contributed by atoms with Gasteiger partial charge in [-0.25, -0.2) is 9.37 Å². The van der Waals surface area contributed by atoms with Crippen LogP contribution in [0.2, 0.25) is 0 Å². The molecule has 2 rings (SSSR count). The van der Waals surface area contributed by atoms with Crippen molar-refractivity contribution in [2.24, 2.45) is 0 Å². The Morgan fingerprint density at radius 3 is 3.00 bits per heavy atom. The summed E-state index contributed by atoms with van der Waals surface area (Å²) in [5.74, 6) is 0.719. The van der Waals surface area contributed by atoms with Crippen molar-refractivity contribution < 1.29 is 9.13 Å². The highest BCUT2D eigenvalue weighted by Crippen LogP contribution is 2.19. The molecule has 0 atom stereocenters. The summed E-state index contributed by atoms with van der Waals surface area (Å²) < 4.78 is 21.0. The first-order valence-electron chi connectivity index (χ1n) is 6.77. The van der Waals surface area contributed by atoms with Crippen LogP contribution >= 0.6 is 0 Å². The van der Waals surface area contributed by atoms with Gasteiger partial charge in [-0.15, -0.1) is 0 Å². The van der Waals surface area contributed by atoms with E-state index >= 15 is 0 Å². The van der Waals surface area contributed by atoms with Crippen LogP contribution in [0.25, 0.3) is 5.69 Å². The molecule has 0 aliphatic rings. The minimum Gasteiger partial charge on any atom is -0.383 e. The van der Waals surface area contributed by atoms with Gasteiger partial charge in [0.15, 0.2) is 0 Å². The standard InChI is InChI=1S/C15H20FN3O/c1-3-15-18-7-9-19(15)14-6-4-5-13(16)12(14)11-17-8-10-20-2/h4-7,9,17H,3,8,10-11H2,1-2H3. The fourth-order valence-corrected chi connectivity index (χ4v) is 2.15. The minimum absolute atomic E-state index is 0.205. The molecule has 0 fully saturated rings. The summed E-state index contributed by atoms with van der Waals surface area (Å²) in [6, 6.07) is 5.12. The molecule has 0 radical (unpaired) electrons. The molecule has 0 saturated carbocycles. The maximum Gasteiger partial charge on any atom is 0.129 e. The number of nitrogens with zero attached hydrogens (tertiary/aromatic N) is 2. The van der Waals surface area contributed by atoms with Crippen LogP contribution in [0.1, 0.15) is 18.3 Å². The first kappa shape index (κ1) is 14.7. The number of nitrogens with one attached hydrogen (secondary N) is 1. The van der Waals surface area contributed by atoms with Crippen LogP contribution < -0.4 is 5.32 Å². The lowest BCUT2D eigenvalue weighted by atomic mass is 10.1. The Bertz CT molecular complexity index is 554. The Morgan fingerprint density at radius 2 is 2.25 bits per heavy atom. The predicted octanol–water partition coefficient (Wildman–Crippen LogP) is 2.31. The van der Waals surface area contributed by atoms with E-state index in [1.54, 1.807) is 19.4 Å². The van der Waals surface area contributed by atoms with Gasteiger partial charge in [-0.2, -0.15) is 0 Å². The number of imidazole rings is 1. The van der Waals surface area contributed by atoms with E-state index in [1.165, 1.54) is 6.07 Å². The van der Waals surface area contributed by atoms with Gasteiger partial charge in [0.1, 0.15) is 11.6 Å². The maximum atomic E-state index is 14.1. The number of hydrogen-bond acceptors (Lipinski definition) is 3. The number of rotatable bonds is 7. The molecule has 1 N–H and O–H groups in total. The molecule has 0 saturated heterocycles. The minimum atomic E-state index is -0.205. The molecule has 0 aliphatic heterocycles. The topological polar surface area (TPSA) is 39.1 Å². The Balaban J connectivity index is 2.26. The van der Waals surface area contributed by atoms with Crippen LogP contribution in [0, 0.1) is 5.82 Å². The third-order valence-electron chi connectivity index (χ3n) is 3.17. The normalized spacial score (nSPS) is 10.9. The average Bonchev–Trinajstić information content (AvgIpc) is 2.93. The van der Waals surface area contributed by atoms with Gasteiger partial charge in [0, 0.05) is 44.6 Å². The fraction of sp³-hybridized carbons (Fsp3) is 0.400. The molecular weight excluding hydrogens is 257 g/mol. The van der Waals surface area contributed by atoms with Gasteiger partial charge < -0.3 is 14.6 Å². The number of halogens is 1. The van der Waals surface area contributed by atoms with Gasteiger partial charge in [0.25, 0.3) is 0 Å². The molecule has 0 amide bonds. The van der Waals surface area contributed by atoms with Crippen molar-refractivity contribution >= 4 is 0 Å². The molecule has 0 spiro atoms. The molecule has 0 unspecified atom stereocenters. The van der Waals surface area contributed by atoms with Crippen LogP contribution in [0.4, 0.5) is 4.39 Å². The smallest absolute Gasteiger partial charge is 0.129 e. The van der Waals surface area contributed by atoms with E-state index in [0.29, 0.717) is 25.3 Å². The van der Waals surface area contributed by atoms with E-state index in [9.17, 15) is 4.39 Å². The maximum absolute atomic E-state index is 14.1. The van der Waals surface area contributed by atoms with E-state index in [-0.39, 0.29) is 5.82 Å². The van der Waals surface area contributed by atoms with E-state index < -0.39 is 0 Å². The SMILES string of the molecule is CCc1nccn1-c1cccc(F)c1CNCCOC. The predicted molar refractivity (Wildman–Crippen MR) is 76.5 cm³/mol. The molecule has 2 aromatic rings. The van der Waals surface area contributed by atoms with Crippen molar-refractivity contribution in [1.82, 2.24) is 14.9 Å². The summed E-state index contributed by atoms with van der Waals surface area (Å²) in [7, 11) is 1.65. The molecule has 108 valence electrons. The Hall–Kier alpha value is -1.72. The quantitative estimate of drug-likeness (QED) is 0.789. The zero-order valence-electron chi connectivity index (χ0n) is 11.9. The van der Waals surface area contributed by atoms with Crippen molar-refractivity contribution in [2.75, 3.05) is 20.3 Å². The summed E-state index contributed by atoms with van der Waals surface area (Å²) in [4.78, 5) is 4.29. The lowest BCUT2D eigenvalue weighted by molar-refractivity contribution is 0.199. The van der Waals surface area contributed by atoms with Gasteiger partial charge in [-0.05, 0) is 12.1 Å². The van der Waals surface area contributed by atoms with E-state index in [0.717, 1.165) is 17.9 Å². The highest BCUT2D eigenvalue weighted by Gasteiger charge is 2.12. The summed E-state index contributed by atoms with van der Waals surface area (Å²) >= 11 is 0. The van der Waals surface area contributed by atoms with Crippen LogP contribution in [0.3, 0.4) is 0 Å². The Labute approximate surface area is 118 Å². The molecule has 1 aromatic heterocycles. The fourth-order valence-electron chi connectivity index (χ4n) is 2.15. The van der Waals surface area contributed by atoms with Gasteiger partial charge in [0.2, 0.25) is 0 Å². The second-order valence-corrected chi connectivity index (χ2v) is 4.47. The second-order valence-electron chi connectivity index (χ2n) is 4.47. The van der Waals surface area contributed by atoms with E-state index in [1.807, 2.05) is 23.8 Å². The third-order valence-corrected chi connectivity index (χ3v) is 3.17. The zero-order valence-corrected chi connectivity index (χ0v) is 11.9. The number of hydrogen-bond donors (Lipinski definition) is 1. The van der Waals surface area contributed by atoms with Crippen molar-refractivity contribution in [3.63, 3.8) is 0 Å². The molecule has 5 heteroatoms. The van der Waals surface area contributed by atoms with Crippen molar-refractivity contribution in [3.8, 4) is 5.69 Å². The monoisotopic (exact) mass is 277 g/mol. The van der Waals surface area contributed by atoms with Crippen molar-refractivity contribution in [1.29, 1.82) is 0 Å². The molecule has 0 aliphatic carbocycles. The first-order chi connectivity index (χ1) is 9.77. The van der Waals surface area contributed by atoms with Crippen molar-refractivity contribution in [2.45, 2.75) is 19.9 Å². The van der Waals surface area contributed by atoms with Gasteiger partial charge in [-0.1, -0.05) is 13.0 Å². The lowest BCUT2D eigenvalue weighted by Gasteiger charge is -2.14. The number of benzene rings is 1. The molecule has 20 heavy (non-hydrogen) atoms. The highest BCUT2D eigenvalue weighted by atomic mass is 19.1. The van der Waals surface area contributed by atoms with Crippen molar-refractivity contribution in [3.05, 3.63) is 47.8 Å². The molecule has 1 heterocycles. The number of aryl methyl sites for hydroxylation is 1. The van der Waals surface area contributed by atoms with Crippen LogP contribution in [-0.2, 0) is 17.7 Å². The third kappa shape index (κ3) is 3.23. The number of aromatic nitrogens is 2. The summed E-state index contributed by atoms with van der Waals surface area (Å²) in [6.07, 6.45) is 4.41. The summed E-state index contributed by atoms with van der Waals surface area (Å²) in [5, 5.41) is 3.18. The molecule has 4 nitrogen and oxygen atoms in total. The number of ether oxygens (including phenoxy) is 1. The van der Waals surface area contributed by atoms with E-state index in [4.69, 9.17) is 4.74 Å². The zero-order chi connectivity index (χ0) is 14.4. The second kappa shape index (κ2) is 7.17. The van der Waals surface area contributed by atoms with Crippen LogP contribution in [0.15, 0.2) is 30.6 Å². The largest absolute Gasteiger partial charge is 0.383 e. The van der Waals surface area contributed by atoms with Crippen LogP contribution in [0.5, 0.6) is 0 Å². The Kier molecular flexibility index (Phi) is 5.26. The average molecular weight is 277 g/mol. The lowest BCUT2D eigenvalue weighted by Crippen LogP contribution is -2.20. The molecular formula is C15H20FN3O.